The van der Waals surface area contributed by atoms with Crippen molar-refractivity contribution in [1.82, 2.24) is 4.72 Å². The highest BCUT2D eigenvalue weighted by Crippen LogP contribution is 2.40. The minimum Gasteiger partial charge on any atom is -0.316 e. The van der Waals surface area contributed by atoms with Gasteiger partial charge in [0.05, 0.1) is 10.9 Å². The van der Waals surface area contributed by atoms with Gasteiger partial charge in [0.2, 0.25) is 5.96 Å². The monoisotopic (exact) mass is 267 g/mol. The third-order valence-electron chi connectivity index (χ3n) is 3.45. The zero-order chi connectivity index (χ0) is 11.8. The fourth-order valence-electron chi connectivity index (χ4n) is 2.32. The molecule has 1 saturated carbocycles. The Labute approximate surface area is 110 Å². The highest BCUT2D eigenvalue weighted by Gasteiger charge is 2.21. The van der Waals surface area contributed by atoms with Crippen molar-refractivity contribution >= 4 is 34.2 Å². The van der Waals surface area contributed by atoms with Crippen LogP contribution in [0.5, 0.6) is 0 Å². The van der Waals surface area contributed by atoms with E-state index in [4.69, 9.17) is 4.99 Å². The Hall–Kier alpha value is -0.680. The summed E-state index contributed by atoms with van der Waals surface area (Å²) in [4.78, 5) is 7.47. The molecule has 1 aromatic heterocycles. The Bertz CT molecular complexity index is 459. The van der Waals surface area contributed by atoms with Gasteiger partial charge in [-0.05, 0) is 44.2 Å². The summed E-state index contributed by atoms with van der Waals surface area (Å²) in [5, 5.41) is 4.67. The van der Waals surface area contributed by atoms with Crippen LogP contribution in [0.15, 0.2) is 9.89 Å². The first-order valence-corrected chi connectivity index (χ1v) is 7.75. The first kappa shape index (κ1) is 11.4. The molecule has 0 amide bonds. The van der Waals surface area contributed by atoms with Gasteiger partial charge in [-0.25, -0.2) is 4.99 Å². The molecule has 5 heteroatoms. The molecule has 1 aliphatic heterocycles. The van der Waals surface area contributed by atoms with E-state index in [0.717, 1.165) is 5.96 Å². The predicted octanol–water partition coefficient (Wildman–Crippen LogP) is 3.69. The number of fused-ring (bicyclic) bond motifs is 1. The molecule has 3 rings (SSSR count). The number of aryl methyl sites for hydroxylation is 1. The van der Waals surface area contributed by atoms with Gasteiger partial charge in [0.25, 0.3) is 0 Å². The number of guanidine groups is 1. The van der Waals surface area contributed by atoms with Crippen molar-refractivity contribution in [3.63, 3.8) is 0 Å². The highest BCUT2D eigenvalue weighted by atomic mass is 32.2. The molecule has 0 atom stereocenters. The SMILES string of the molecule is Cc1sc2c(c1C)SNC(=NC1CCCC1)N2. The number of nitrogens with zero attached hydrogens (tertiary/aromatic N) is 1. The molecular formula is C12H17N3S2. The zero-order valence-electron chi connectivity index (χ0n) is 10.2. The molecule has 3 nitrogen and oxygen atoms in total. The summed E-state index contributed by atoms with van der Waals surface area (Å²) in [5.41, 5.74) is 1.38. The van der Waals surface area contributed by atoms with Crippen molar-refractivity contribution in [2.24, 2.45) is 4.99 Å². The van der Waals surface area contributed by atoms with Crippen LogP contribution in [0, 0.1) is 13.8 Å². The summed E-state index contributed by atoms with van der Waals surface area (Å²) in [5.74, 6) is 0.940. The van der Waals surface area contributed by atoms with Gasteiger partial charge in [0, 0.05) is 4.88 Å². The number of nitrogens with one attached hydrogen (secondary N) is 2. The lowest BCUT2D eigenvalue weighted by Crippen LogP contribution is -2.30. The molecule has 1 aliphatic carbocycles. The van der Waals surface area contributed by atoms with Crippen molar-refractivity contribution in [3.8, 4) is 0 Å². The average Bonchev–Trinajstić information content (AvgIpc) is 2.89. The summed E-state index contributed by atoms with van der Waals surface area (Å²) in [6.45, 7) is 4.36. The Balaban J connectivity index is 1.80. The van der Waals surface area contributed by atoms with Crippen molar-refractivity contribution in [2.75, 3.05) is 5.32 Å². The van der Waals surface area contributed by atoms with Gasteiger partial charge < -0.3 is 5.32 Å². The lowest BCUT2D eigenvalue weighted by Gasteiger charge is -2.19. The van der Waals surface area contributed by atoms with Crippen LogP contribution in [-0.2, 0) is 0 Å². The second-order valence-corrected chi connectivity index (χ2v) is 6.73. The van der Waals surface area contributed by atoms with E-state index in [1.165, 1.54) is 46.0 Å². The number of thiophene rings is 1. The molecule has 1 aromatic rings. The molecule has 0 spiro atoms. The van der Waals surface area contributed by atoms with Crippen LogP contribution >= 0.6 is 23.3 Å². The fraction of sp³-hybridized carbons (Fsp3) is 0.583. The first-order chi connectivity index (χ1) is 8.24. The standard InChI is InChI=1S/C12H17N3S2/c1-7-8(2)16-11-10(7)17-15-12(14-11)13-9-5-3-4-6-9/h9H,3-6H2,1-2H3,(H2,13,14,15). The molecule has 2 aliphatic rings. The van der Waals surface area contributed by atoms with Crippen LogP contribution in [0.2, 0.25) is 0 Å². The zero-order valence-corrected chi connectivity index (χ0v) is 11.8. The Morgan fingerprint density at radius 1 is 1.24 bits per heavy atom. The molecule has 0 unspecified atom stereocenters. The third-order valence-corrected chi connectivity index (χ3v) is 5.71. The van der Waals surface area contributed by atoms with E-state index in [-0.39, 0.29) is 0 Å². The van der Waals surface area contributed by atoms with Gasteiger partial charge in [0.1, 0.15) is 5.00 Å². The van der Waals surface area contributed by atoms with E-state index in [9.17, 15) is 0 Å². The van der Waals surface area contributed by atoms with Crippen molar-refractivity contribution in [3.05, 3.63) is 10.4 Å². The minimum atomic E-state index is 0.523. The Kier molecular flexibility index (Phi) is 3.04. The van der Waals surface area contributed by atoms with E-state index in [0.29, 0.717) is 6.04 Å². The number of anilines is 1. The largest absolute Gasteiger partial charge is 0.316 e. The smallest absolute Gasteiger partial charge is 0.207 e. The molecular weight excluding hydrogens is 250 g/mol. The first-order valence-electron chi connectivity index (χ1n) is 6.11. The quantitative estimate of drug-likeness (QED) is 0.762. The highest BCUT2D eigenvalue weighted by molar-refractivity contribution is 7.98. The molecule has 2 heterocycles. The van der Waals surface area contributed by atoms with Crippen molar-refractivity contribution in [1.29, 1.82) is 0 Å². The summed E-state index contributed by atoms with van der Waals surface area (Å²) in [6, 6.07) is 0.523. The van der Waals surface area contributed by atoms with E-state index < -0.39 is 0 Å². The second-order valence-electron chi connectivity index (χ2n) is 4.69. The fourth-order valence-corrected chi connectivity index (χ4v) is 4.34. The summed E-state index contributed by atoms with van der Waals surface area (Å²) in [7, 11) is 0. The van der Waals surface area contributed by atoms with Gasteiger partial charge in [-0.15, -0.1) is 11.3 Å². The summed E-state index contributed by atoms with van der Waals surface area (Å²) >= 11 is 3.52. The van der Waals surface area contributed by atoms with E-state index in [2.05, 4.69) is 23.9 Å². The summed E-state index contributed by atoms with van der Waals surface area (Å²) in [6.07, 6.45) is 5.15. The van der Waals surface area contributed by atoms with Crippen LogP contribution in [0.4, 0.5) is 5.00 Å². The number of hydrogen-bond donors (Lipinski definition) is 2. The predicted molar refractivity (Wildman–Crippen MR) is 76.1 cm³/mol. The maximum absolute atomic E-state index is 4.75. The molecule has 0 saturated heterocycles. The maximum Gasteiger partial charge on any atom is 0.207 e. The molecule has 2 N–H and O–H groups in total. The Morgan fingerprint density at radius 3 is 2.76 bits per heavy atom. The number of rotatable bonds is 1. The van der Waals surface area contributed by atoms with Gasteiger partial charge in [0.15, 0.2) is 0 Å². The molecule has 92 valence electrons. The van der Waals surface area contributed by atoms with E-state index in [1.807, 2.05) is 11.3 Å². The van der Waals surface area contributed by atoms with Crippen LogP contribution in [-0.4, -0.2) is 12.0 Å². The van der Waals surface area contributed by atoms with Crippen molar-refractivity contribution in [2.45, 2.75) is 50.5 Å². The molecule has 1 fully saturated rings. The minimum absolute atomic E-state index is 0.523. The third kappa shape index (κ3) is 2.18. The van der Waals surface area contributed by atoms with Gasteiger partial charge in [-0.1, -0.05) is 12.8 Å². The normalized spacial score (nSPS) is 22.4. The number of aliphatic imine (C=N–C) groups is 1. The maximum atomic E-state index is 4.75. The van der Waals surface area contributed by atoms with Crippen LogP contribution < -0.4 is 10.0 Å². The summed E-state index contributed by atoms with van der Waals surface area (Å²) < 4.78 is 3.32. The lowest BCUT2D eigenvalue weighted by atomic mass is 10.3. The lowest BCUT2D eigenvalue weighted by molar-refractivity contribution is 0.704. The molecule has 17 heavy (non-hydrogen) atoms. The Morgan fingerprint density at radius 2 is 2.00 bits per heavy atom. The van der Waals surface area contributed by atoms with Crippen LogP contribution in [0.25, 0.3) is 0 Å². The topological polar surface area (TPSA) is 36.4 Å². The second kappa shape index (κ2) is 4.53. The van der Waals surface area contributed by atoms with Crippen LogP contribution in [0.1, 0.15) is 36.1 Å². The molecule has 0 radical (unpaired) electrons. The van der Waals surface area contributed by atoms with Gasteiger partial charge in [-0.2, -0.15) is 0 Å². The van der Waals surface area contributed by atoms with Gasteiger partial charge in [-0.3, -0.25) is 4.72 Å². The molecule has 0 aromatic carbocycles. The van der Waals surface area contributed by atoms with Crippen molar-refractivity contribution < 1.29 is 0 Å². The van der Waals surface area contributed by atoms with E-state index >= 15 is 0 Å². The average molecular weight is 267 g/mol. The van der Waals surface area contributed by atoms with Crippen LogP contribution in [0.3, 0.4) is 0 Å². The van der Waals surface area contributed by atoms with Gasteiger partial charge >= 0.3 is 0 Å². The number of hydrogen-bond acceptors (Lipinski definition) is 3. The van der Waals surface area contributed by atoms with E-state index in [1.54, 1.807) is 11.9 Å². The molecule has 0 bridgehead atoms.